The van der Waals surface area contributed by atoms with E-state index in [2.05, 4.69) is 0 Å². The maximum atomic E-state index is 12.5. The molecule has 2 aromatic rings. The third-order valence-electron chi connectivity index (χ3n) is 2.39. The van der Waals surface area contributed by atoms with Gasteiger partial charge in [0.1, 0.15) is 0 Å². The Hall–Kier alpha value is -1.15. The lowest BCUT2D eigenvalue weighted by Gasteiger charge is -2.05. The van der Waals surface area contributed by atoms with Gasteiger partial charge in [-0.2, -0.15) is 0 Å². The van der Waals surface area contributed by atoms with Gasteiger partial charge in [-0.3, -0.25) is 0 Å². The molecule has 0 aromatic heterocycles. The fourth-order valence-electron chi connectivity index (χ4n) is 1.62. The molecule has 78 valence electrons. The molecule has 0 aliphatic rings. The number of rotatable bonds is 2. The molecule has 3 heteroatoms. The van der Waals surface area contributed by atoms with Crippen LogP contribution in [0.5, 0.6) is 0 Å². The van der Waals surface area contributed by atoms with Crippen LogP contribution in [0.15, 0.2) is 36.4 Å². The normalized spacial score (nSPS) is 11.2. The van der Waals surface area contributed by atoms with E-state index in [1.54, 1.807) is 6.07 Å². The van der Waals surface area contributed by atoms with Crippen molar-refractivity contribution in [3.05, 3.63) is 47.5 Å². The molecule has 0 nitrogen and oxygen atoms in total. The van der Waals surface area contributed by atoms with Crippen LogP contribution in [0.3, 0.4) is 0 Å². The maximum absolute atomic E-state index is 12.5. The van der Waals surface area contributed by atoms with Crippen LogP contribution in [0.25, 0.3) is 10.8 Å². The highest BCUT2D eigenvalue weighted by atomic mass is 35.5. The zero-order valence-electron chi connectivity index (χ0n) is 7.88. The molecule has 0 unspecified atom stereocenters. The van der Waals surface area contributed by atoms with Gasteiger partial charge in [0, 0.05) is 11.4 Å². The highest BCUT2D eigenvalue weighted by Crippen LogP contribution is 2.26. The van der Waals surface area contributed by atoms with Crippen molar-refractivity contribution in [2.45, 2.75) is 12.3 Å². The molecule has 2 rings (SSSR count). The van der Waals surface area contributed by atoms with E-state index in [-0.39, 0.29) is 5.56 Å². The summed E-state index contributed by atoms with van der Waals surface area (Å²) in [7, 11) is 0. The first-order valence-electron chi connectivity index (χ1n) is 4.58. The molecule has 0 heterocycles. The van der Waals surface area contributed by atoms with Gasteiger partial charge in [-0.15, -0.1) is 11.6 Å². The molecule has 0 aliphatic heterocycles. The lowest BCUT2D eigenvalue weighted by Crippen LogP contribution is -1.86. The summed E-state index contributed by atoms with van der Waals surface area (Å²) in [6.07, 6.45) is -2.42. The van der Waals surface area contributed by atoms with Gasteiger partial charge in [0.25, 0.3) is 6.43 Å². The van der Waals surface area contributed by atoms with Gasteiger partial charge >= 0.3 is 0 Å². The Balaban J connectivity index is 2.63. The topological polar surface area (TPSA) is 0 Å². The molecule has 0 bridgehead atoms. The lowest BCUT2D eigenvalue weighted by atomic mass is 10.0. The van der Waals surface area contributed by atoms with E-state index in [1.165, 1.54) is 12.1 Å². The van der Waals surface area contributed by atoms with Crippen molar-refractivity contribution in [2.75, 3.05) is 0 Å². The predicted molar refractivity (Wildman–Crippen MR) is 58.5 cm³/mol. The van der Waals surface area contributed by atoms with Crippen molar-refractivity contribution < 1.29 is 8.78 Å². The van der Waals surface area contributed by atoms with Crippen LogP contribution < -0.4 is 0 Å². The fraction of sp³-hybridized carbons (Fsp3) is 0.167. The third-order valence-corrected chi connectivity index (χ3v) is 2.68. The maximum Gasteiger partial charge on any atom is 0.263 e. The van der Waals surface area contributed by atoms with Crippen LogP contribution in [-0.4, -0.2) is 0 Å². The largest absolute Gasteiger partial charge is 0.263 e. The zero-order valence-corrected chi connectivity index (χ0v) is 8.64. The summed E-state index contributed by atoms with van der Waals surface area (Å²) in [5.41, 5.74) is 1.02. The number of halogens is 3. The average Bonchev–Trinajstić information content (AvgIpc) is 2.27. The van der Waals surface area contributed by atoms with Gasteiger partial charge in [-0.1, -0.05) is 30.3 Å². The molecule has 0 saturated heterocycles. The first-order chi connectivity index (χ1) is 7.22. The predicted octanol–water partition coefficient (Wildman–Crippen LogP) is 4.52. The Bertz CT molecular complexity index is 480. The van der Waals surface area contributed by atoms with Crippen molar-refractivity contribution in [3.8, 4) is 0 Å². The minimum atomic E-state index is -2.42. The van der Waals surface area contributed by atoms with Crippen molar-refractivity contribution in [2.24, 2.45) is 0 Å². The van der Waals surface area contributed by atoms with Crippen LogP contribution in [-0.2, 0) is 5.88 Å². The van der Waals surface area contributed by atoms with Crippen molar-refractivity contribution >= 4 is 22.4 Å². The minimum Gasteiger partial charge on any atom is -0.205 e. The molecule has 0 atom stereocenters. The molecule has 0 saturated carbocycles. The second kappa shape index (κ2) is 4.15. The Morgan fingerprint density at radius 1 is 1.13 bits per heavy atom. The van der Waals surface area contributed by atoms with E-state index in [4.69, 9.17) is 11.6 Å². The summed E-state index contributed by atoms with van der Waals surface area (Å²) in [5.74, 6) is 0.394. The van der Waals surface area contributed by atoms with Crippen LogP contribution in [0.2, 0.25) is 0 Å². The Morgan fingerprint density at radius 3 is 2.60 bits per heavy atom. The Morgan fingerprint density at radius 2 is 1.93 bits per heavy atom. The lowest BCUT2D eigenvalue weighted by molar-refractivity contribution is 0.151. The summed E-state index contributed by atoms with van der Waals surface area (Å²) in [6, 6.07) is 10.2. The highest BCUT2D eigenvalue weighted by molar-refractivity contribution is 6.18. The standard InChI is InChI=1S/C12H9ClF2/c13-7-10-3-1-2-8-6-9(12(14)15)4-5-11(8)10/h1-6,12H,7H2. The van der Waals surface area contributed by atoms with Gasteiger partial charge < -0.3 is 0 Å². The quantitative estimate of drug-likeness (QED) is 0.661. The van der Waals surface area contributed by atoms with Gasteiger partial charge in [0.15, 0.2) is 0 Å². The number of hydrogen-bond donors (Lipinski definition) is 0. The molecular weight excluding hydrogens is 218 g/mol. The molecule has 0 amide bonds. The van der Waals surface area contributed by atoms with Crippen LogP contribution >= 0.6 is 11.6 Å². The summed E-state index contributed by atoms with van der Waals surface area (Å²) >= 11 is 5.76. The van der Waals surface area contributed by atoms with Crippen molar-refractivity contribution in [1.82, 2.24) is 0 Å². The van der Waals surface area contributed by atoms with Crippen LogP contribution in [0.1, 0.15) is 17.6 Å². The molecule has 0 aliphatic carbocycles. The molecule has 0 spiro atoms. The van der Waals surface area contributed by atoms with Gasteiger partial charge in [-0.05, 0) is 22.4 Å². The van der Waals surface area contributed by atoms with Crippen molar-refractivity contribution in [3.63, 3.8) is 0 Å². The van der Waals surface area contributed by atoms with Gasteiger partial charge in [0.2, 0.25) is 0 Å². The SMILES string of the molecule is FC(F)c1ccc2c(CCl)cccc2c1. The monoisotopic (exact) mass is 226 g/mol. The van der Waals surface area contributed by atoms with Crippen LogP contribution in [0, 0.1) is 0 Å². The van der Waals surface area contributed by atoms with Gasteiger partial charge in [0.05, 0.1) is 0 Å². The zero-order chi connectivity index (χ0) is 10.8. The van der Waals surface area contributed by atoms with E-state index in [9.17, 15) is 8.78 Å². The Kier molecular flexibility index (Phi) is 2.87. The van der Waals surface area contributed by atoms with Crippen LogP contribution in [0.4, 0.5) is 8.78 Å². The summed E-state index contributed by atoms with van der Waals surface area (Å²) in [5, 5.41) is 1.75. The second-order valence-corrected chi connectivity index (χ2v) is 3.60. The van der Waals surface area contributed by atoms with E-state index in [0.29, 0.717) is 5.88 Å². The number of benzene rings is 2. The van der Waals surface area contributed by atoms with Gasteiger partial charge in [-0.25, -0.2) is 8.78 Å². The van der Waals surface area contributed by atoms with E-state index in [1.807, 2.05) is 18.2 Å². The fourth-order valence-corrected chi connectivity index (χ4v) is 1.85. The van der Waals surface area contributed by atoms with E-state index < -0.39 is 6.43 Å². The Labute approximate surface area is 91.5 Å². The molecule has 2 aromatic carbocycles. The highest BCUT2D eigenvalue weighted by Gasteiger charge is 2.08. The summed E-state index contributed by atoms with van der Waals surface area (Å²) < 4.78 is 24.9. The average molecular weight is 227 g/mol. The smallest absolute Gasteiger partial charge is 0.205 e. The first-order valence-corrected chi connectivity index (χ1v) is 5.11. The molecule has 0 fully saturated rings. The van der Waals surface area contributed by atoms with E-state index in [0.717, 1.165) is 16.3 Å². The summed E-state index contributed by atoms with van der Waals surface area (Å²) in [6.45, 7) is 0. The minimum absolute atomic E-state index is 0.0502. The molecule has 0 radical (unpaired) electrons. The second-order valence-electron chi connectivity index (χ2n) is 3.33. The number of alkyl halides is 3. The van der Waals surface area contributed by atoms with E-state index >= 15 is 0 Å². The molecular formula is C12H9ClF2. The number of hydrogen-bond acceptors (Lipinski definition) is 0. The first kappa shape index (κ1) is 10.4. The summed E-state index contributed by atoms with van der Waals surface area (Å²) in [4.78, 5) is 0. The third kappa shape index (κ3) is 1.95. The number of fused-ring (bicyclic) bond motifs is 1. The molecule has 0 N–H and O–H groups in total. The molecule has 15 heavy (non-hydrogen) atoms. The van der Waals surface area contributed by atoms with Crippen molar-refractivity contribution in [1.29, 1.82) is 0 Å².